The summed E-state index contributed by atoms with van der Waals surface area (Å²) in [5, 5.41) is 0. The summed E-state index contributed by atoms with van der Waals surface area (Å²) in [5.41, 5.74) is 2.76. The minimum Gasteiger partial charge on any atom is -0.227 e. The first-order valence-electron chi connectivity index (χ1n) is 16.3. The zero-order valence-corrected chi connectivity index (χ0v) is 26.0. The molecule has 0 bridgehead atoms. The molecule has 0 heterocycles. The number of rotatable bonds is 9. The Morgan fingerprint density at radius 3 is 1.18 bits per heavy atom. The van der Waals surface area contributed by atoms with Crippen LogP contribution in [0.2, 0.25) is 0 Å². The minimum absolute atomic E-state index is 0.0215. The predicted molar refractivity (Wildman–Crippen MR) is 162 cm³/mol. The van der Waals surface area contributed by atoms with Crippen LogP contribution < -0.4 is 0 Å². The Morgan fingerprint density at radius 1 is 0.553 bits per heavy atom. The molecule has 0 aromatic rings. The first-order chi connectivity index (χ1) is 18.2. The van der Waals surface area contributed by atoms with Crippen molar-refractivity contribution in [2.24, 2.45) is 46.3 Å². The van der Waals surface area contributed by atoms with Crippen molar-refractivity contribution in [1.29, 1.82) is 0 Å². The zero-order valence-electron chi connectivity index (χ0n) is 26.0. The molecule has 2 nitrogen and oxygen atoms in total. The molecule has 2 saturated carbocycles. The largest absolute Gasteiger partial charge is 0.227 e. The molecule has 4 unspecified atom stereocenters. The van der Waals surface area contributed by atoms with Gasteiger partial charge in [-0.3, -0.25) is 0 Å². The van der Waals surface area contributed by atoms with E-state index in [2.05, 4.69) is 91.8 Å². The van der Waals surface area contributed by atoms with E-state index in [1.54, 1.807) is 0 Å². The maximum atomic E-state index is 7.01. The molecular formula is C36H58O2. The number of hydrogen-bond donors (Lipinski definition) is 0. The average molecular weight is 523 g/mol. The van der Waals surface area contributed by atoms with Crippen molar-refractivity contribution in [3.05, 3.63) is 47.6 Å². The molecule has 0 radical (unpaired) electrons. The van der Waals surface area contributed by atoms with Crippen LogP contribution in [0, 0.1) is 46.3 Å². The second-order valence-corrected chi connectivity index (χ2v) is 14.3. The van der Waals surface area contributed by atoms with E-state index < -0.39 is 0 Å². The summed E-state index contributed by atoms with van der Waals surface area (Å²) < 4.78 is 0. The van der Waals surface area contributed by atoms with Gasteiger partial charge in [-0.2, -0.15) is 0 Å². The summed E-state index contributed by atoms with van der Waals surface area (Å²) >= 11 is 0. The number of allylic oxidation sites excluding steroid dienone is 4. The first kappa shape index (κ1) is 29.9. The lowest BCUT2D eigenvalue weighted by Crippen LogP contribution is -2.53. The summed E-state index contributed by atoms with van der Waals surface area (Å²) in [6, 6.07) is 0. The lowest BCUT2D eigenvalue weighted by Gasteiger charge is -2.53. The van der Waals surface area contributed by atoms with Gasteiger partial charge in [0.25, 0.3) is 0 Å². The van der Waals surface area contributed by atoms with E-state index in [4.69, 9.17) is 9.78 Å². The highest BCUT2D eigenvalue weighted by atomic mass is 17.2. The standard InChI is InChI=1S/C36H58O2/c1-25(2)31-21-15-23-35(27(5)6,29-17-11-9-12-18-29)33(31)37-38-34-32(26(3)4)22-16-24-36(34,28(7)8)30-19-13-10-14-20-30/h15-16,21-30,33-34H,9-14,17-20H2,1-8H3. The fourth-order valence-corrected chi connectivity index (χ4v) is 8.80. The molecule has 214 valence electrons. The molecule has 0 aromatic heterocycles. The molecule has 0 amide bonds. The van der Waals surface area contributed by atoms with Gasteiger partial charge in [-0.15, -0.1) is 0 Å². The van der Waals surface area contributed by atoms with E-state index in [0.29, 0.717) is 35.5 Å². The lowest BCUT2D eigenvalue weighted by molar-refractivity contribution is -0.377. The fourth-order valence-electron chi connectivity index (χ4n) is 8.80. The van der Waals surface area contributed by atoms with Crippen LogP contribution in [0.4, 0.5) is 0 Å². The second-order valence-electron chi connectivity index (χ2n) is 14.3. The Balaban J connectivity index is 1.74. The van der Waals surface area contributed by atoms with E-state index in [-0.39, 0.29) is 23.0 Å². The third-order valence-electron chi connectivity index (χ3n) is 11.1. The van der Waals surface area contributed by atoms with Gasteiger partial charge in [0.1, 0.15) is 12.2 Å². The third kappa shape index (κ3) is 5.43. The molecule has 0 spiro atoms. The zero-order chi connectivity index (χ0) is 27.5. The molecule has 0 aliphatic heterocycles. The van der Waals surface area contributed by atoms with Gasteiger partial charge >= 0.3 is 0 Å². The van der Waals surface area contributed by atoms with Crippen LogP contribution >= 0.6 is 0 Å². The van der Waals surface area contributed by atoms with E-state index in [1.807, 2.05) is 0 Å². The molecule has 4 atom stereocenters. The summed E-state index contributed by atoms with van der Waals surface area (Å²) in [4.78, 5) is 14.0. The Labute approximate surface area is 235 Å². The van der Waals surface area contributed by atoms with Gasteiger partial charge in [-0.25, -0.2) is 9.78 Å². The molecule has 4 aliphatic carbocycles. The van der Waals surface area contributed by atoms with E-state index in [1.165, 1.54) is 75.4 Å². The first-order valence-corrected chi connectivity index (χ1v) is 16.3. The molecule has 38 heavy (non-hydrogen) atoms. The van der Waals surface area contributed by atoms with Crippen molar-refractivity contribution in [2.75, 3.05) is 0 Å². The highest BCUT2D eigenvalue weighted by Crippen LogP contribution is 2.55. The van der Waals surface area contributed by atoms with Crippen LogP contribution in [0.5, 0.6) is 0 Å². The van der Waals surface area contributed by atoms with Crippen molar-refractivity contribution < 1.29 is 9.78 Å². The third-order valence-corrected chi connectivity index (χ3v) is 11.1. The van der Waals surface area contributed by atoms with Crippen LogP contribution in [-0.4, -0.2) is 12.2 Å². The highest BCUT2D eigenvalue weighted by molar-refractivity contribution is 5.33. The molecule has 2 fully saturated rings. The molecular weight excluding hydrogens is 464 g/mol. The van der Waals surface area contributed by atoms with Gasteiger partial charge in [-0.1, -0.05) is 130 Å². The van der Waals surface area contributed by atoms with Crippen LogP contribution in [0.1, 0.15) is 120 Å². The summed E-state index contributed by atoms with van der Waals surface area (Å²) in [6.45, 7) is 19.0. The molecule has 0 N–H and O–H groups in total. The Hall–Kier alpha value is -1.12. The maximum Gasteiger partial charge on any atom is 0.124 e. The van der Waals surface area contributed by atoms with Crippen molar-refractivity contribution in [3.63, 3.8) is 0 Å². The van der Waals surface area contributed by atoms with Gasteiger partial charge < -0.3 is 0 Å². The van der Waals surface area contributed by atoms with Crippen LogP contribution in [-0.2, 0) is 9.78 Å². The average Bonchev–Trinajstić information content (AvgIpc) is 2.91. The molecule has 2 heteroatoms. The van der Waals surface area contributed by atoms with Gasteiger partial charge in [-0.05, 0) is 72.3 Å². The normalized spacial score (nSPS) is 33.5. The van der Waals surface area contributed by atoms with Gasteiger partial charge in [0.2, 0.25) is 0 Å². The molecule has 4 aliphatic rings. The van der Waals surface area contributed by atoms with E-state index >= 15 is 0 Å². The fraction of sp³-hybridized carbons (Fsp3) is 0.778. The molecule has 0 aromatic carbocycles. The maximum absolute atomic E-state index is 7.01. The van der Waals surface area contributed by atoms with E-state index in [0.717, 1.165) is 0 Å². The van der Waals surface area contributed by atoms with Gasteiger partial charge in [0, 0.05) is 10.8 Å². The van der Waals surface area contributed by atoms with Gasteiger partial charge in [0.15, 0.2) is 0 Å². The topological polar surface area (TPSA) is 18.5 Å². The summed E-state index contributed by atoms with van der Waals surface area (Å²) in [5.74, 6) is 3.10. The van der Waals surface area contributed by atoms with Crippen LogP contribution in [0.15, 0.2) is 47.6 Å². The summed E-state index contributed by atoms with van der Waals surface area (Å²) in [7, 11) is 0. The van der Waals surface area contributed by atoms with Crippen molar-refractivity contribution in [2.45, 2.75) is 132 Å². The SMILES string of the molecule is CC(C)C1=CC=CC(C(C)C)(C2CCCCC2)C1OOC1C(C(C)C)=CC=CC1(C(C)C)C1CCCCC1. The predicted octanol–water partition coefficient (Wildman–Crippen LogP) is 10.4. The van der Waals surface area contributed by atoms with Crippen molar-refractivity contribution in [1.82, 2.24) is 0 Å². The quantitative estimate of drug-likeness (QED) is 0.221. The Kier molecular flexibility index (Phi) is 9.89. The Bertz CT molecular complexity index is 816. The van der Waals surface area contributed by atoms with E-state index in [9.17, 15) is 0 Å². The number of hydrogen-bond acceptors (Lipinski definition) is 2. The summed E-state index contributed by atoms with van der Waals surface area (Å²) in [6.07, 6.45) is 27.6. The van der Waals surface area contributed by atoms with Gasteiger partial charge in [0.05, 0.1) is 0 Å². The highest BCUT2D eigenvalue weighted by Gasteiger charge is 2.53. The second kappa shape index (κ2) is 12.6. The lowest BCUT2D eigenvalue weighted by atomic mass is 9.56. The Morgan fingerprint density at radius 2 is 0.895 bits per heavy atom. The van der Waals surface area contributed by atoms with Crippen LogP contribution in [0.3, 0.4) is 0 Å². The smallest absolute Gasteiger partial charge is 0.124 e. The monoisotopic (exact) mass is 522 g/mol. The molecule has 0 saturated heterocycles. The minimum atomic E-state index is -0.0360. The van der Waals surface area contributed by atoms with Crippen LogP contribution in [0.25, 0.3) is 0 Å². The van der Waals surface area contributed by atoms with Crippen molar-refractivity contribution in [3.8, 4) is 0 Å². The van der Waals surface area contributed by atoms with Crippen molar-refractivity contribution >= 4 is 0 Å². The molecule has 4 rings (SSSR count).